The van der Waals surface area contributed by atoms with Gasteiger partial charge >= 0.3 is 12.3 Å². The Morgan fingerprint density at radius 3 is 2.56 bits per heavy atom. The number of alkyl halides is 3. The molecule has 100 valence electrons. The molecule has 0 aliphatic heterocycles. The zero-order chi connectivity index (χ0) is 13.9. The maximum atomic E-state index is 12.2. The van der Waals surface area contributed by atoms with Gasteiger partial charge in [0.05, 0.1) is 7.11 Å². The molecule has 0 unspecified atom stereocenters. The number of methoxy groups -OCH3 is 1. The Balaban J connectivity index is 3.37. The molecule has 1 heterocycles. The summed E-state index contributed by atoms with van der Waals surface area (Å²) < 4.78 is 44.7. The van der Waals surface area contributed by atoms with Gasteiger partial charge in [-0.2, -0.15) is 0 Å². The van der Waals surface area contributed by atoms with Gasteiger partial charge in [0.25, 0.3) is 0 Å². The van der Waals surface area contributed by atoms with Gasteiger partial charge in [-0.1, -0.05) is 0 Å². The van der Waals surface area contributed by atoms with Gasteiger partial charge < -0.3 is 15.2 Å². The highest BCUT2D eigenvalue weighted by atomic mass is 19.4. The zero-order valence-corrected chi connectivity index (χ0v) is 9.67. The molecule has 0 aliphatic carbocycles. The Morgan fingerprint density at radius 2 is 2.11 bits per heavy atom. The van der Waals surface area contributed by atoms with Crippen LogP contribution in [0.15, 0.2) is 6.07 Å². The molecule has 0 saturated carbocycles. The fourth-order valence-electron chi connectivity index (χ4n) is 1.37. The van der Waals surface area contributed by atoms with Gasteiger partial charge in [0.1, 0.15) is 5.56 Å². The number of halogens is 3. The van der Waals surface area contributed by atoms with Crippen molar-refractivity contribution in [2.45, 2.75) is 19.8 Å². The number of pyridine rings is 1. The van der Waals surface area contributed by atoms with Gasteiger partial charge in [-0.3, -0.25) is 0 Å². The third-order valence-electron chi connectivity index (χ3n) is 2.02. The lowest BCUT2D eigenvalue weighted by molar-refractivity contribution is -0.276. The monoisotopic (exact) mass is 264 g/mol. The van der Waals surface area contributed by atoms with E-state index >= 15 is 0 Å². The van der Waals surface area contributed by atoms with Crippen LogP contribution in [0, 0.1) is 6.92 Å². The standard InChI is InChI=1S/C10H11F3N2O3/c1-5-3-6(4-14)7(9(16)17-2)8(15-5)18-10(11,12)13/h3H,4,14H2,1-2H3. The van der Waals surface area contributed by atoms with Crippen molar-refractivity contribution in [3.05, 3.63) is 22.9 Å². The Morgan fingerprint density at radius 1 is 1.50 bits per heavy atom. The second-order valence-corrected chi connectivity index (χ2v) is 3.35. The number of ether oxygens (including phenoxy) is 2. The maximum absolute atomic E-state index is 12.2. The molecule has 8 heteroatoms. The number of aryl methyl sites for hydroxylation is 1. The summed E-state index contributed by atoms with van der Waals surface area (Å²) >= 11 is 0. The number of nitrogens with zero attached hydrogens (tertiary/aromatic N) is 1. The van der Waals surface area contributed by atoms with Crippen molar-refractivity contribution in [2.75, 3.05) is 7.11 Å². The van der Waals surface area contributed by atoms with Gasteiger partial charge in [0.2, 0.25) is 5.88 Å². The summed E-state index contributed by atoms with van der Waals surface area (Å²) in [6.45, 7) is 1.32. The summed E-state index contributed by atoms with van der Waals surface area (Å²) in [5.74, 6) is -1.84. The molecule has 1 aromatic rings. The number of carbonyl (C=O) groups is 1. The van der Waals surface area contributed by atoms with Crippen molar-refractivity contribution in [1.29, 1.82) is 0 Å². The van der Waals surface area contributed by atoms with E-state index in [1.807, 2.05) is 0 Å². The summed E-state index contributed by atoms with van der Waals surface area (Å²) in [5.41, 5.74) is 5.39. The highest BCUT2D eigenvalue weighted by Crippen LogP contribution is 2.28. The molecule has 18 heavy (non-hydrogen) atoms. The Kier molecular flexibility index (Phi) is 4.12. The van der Waals surface area contributed by atoms with Crippen LogP contribution in [-0.4, -0.2) is 24.4 Å². The number of aromatic nitrogens is 1. The summed E-state index contributed by atoms with van der Waals surface area (Å²) in [6.07, 6.45) is -4.95. The van der Waals surface area contributed by atoms with Crippen molar-refractivity contribution in [1.82, 2.24) is 4.98 Å². The van der Waals surface area contributed by atoms with E-state index < -0.39 is 23.8 Å². The van der Waals surface area contributed by atoms with E-state index in [9.17, 15) is 18.0 Å². The molecule has 0 spiro atoms. The summed E-state index contributed by atoms with van der Waals surface area (Å²) in [7, 11) is 1.04. The average Bonchev–Trinajstić information content (AvgIpc) is 2.25. The summed E-state index contributed by atoms with van der Waals surface area (Å²) in [6, 6.07) is 1.40. The van der Waals surface area contributed by atoms with Crippen LogP contribution in [0.5, 0.6) is 5.88 Å². The minimum atomic E-state index is -4.95. The van der Waals surface area contributed by atoms with Crippen molar-refractivity contribution in [3.8, 4) is 5.88 Å². The molecule has 0 bridgehead atoms. The minimum absolute atomic E-state index is 0.137. The van der Waals surface area contributed by atoms with Crippen molar-refractivity contribution in [2.24, 2.45) is 5.73 Å². The van der Waals surface area contributed by atoms with Crippen molar-refractivity contribution in [3.63, 3.8) is 0 Å². The number of carbonyl (C=O) groups excluding carboxylic acids is 1. The molecular weight excluding hydrogens is 253 g/mol. The van der Waals surface area contributed by atoms with E-state index in [4.69, 9.17) is 5.73 Å². The molecule has 0 saturated heterocycles. The lowest BCUT2D eigenvalue weighted by Gasteiger charge is -2.14. The third-order valence-corrected chi connectivity index (χ3v) is 2.02. The van der Waals surface area contributed by atoms with Crippen LogP contribution in [0.1, 0.15) is 21.6 Å². The molecule has 2 N–H and O–H groups in total. The average molecular weight is 264 g/mol. The van der Waals surface area contributed by atoms with Crippen LogP contribution in [0.25, 0.3) is 0 Å². The van der Waals surface area contributed by atoms with E-state index in [0.29, 0.717) is 0 Å². The molecule has 0 fully saturated rings. The Hall–Kier alpha value is -1.83. The van der Waals surface area contributed by atoms with Gasteiger partial charge in [-0.25, -0.2) is 9.78 Å². The molecule has 0 aromatic carbocycles. The number of hydrogen-bond donors (Lipinski definition) is 1. The largest absolute Gasteiger partial charge is 0.574 e. The second-order valence-electron chi connectivity index (χ2n) is 3.35. The van der Waals surface area contributed by atoms with Gasteiger partial charge in [0.15, 0.2) is 0 Å². The van der Waals surface area contributed by atoms with Gasteiger partial charge in [0, 0.05) is 12.2 Å². The highest BCUT2D eigenvalue weighted by molar-refractivity contribution is 5.93. The lowest BCUT2D eigenvalue weighted by Crippen LogP contribution is -2.22. The highest BCUT2D eigenvalue weighted by Gasteiger charge is 2.35. The second kappa shape index (κ2) is 5.21. The van der Waals surface area contributed by atoms with Crippen LogP contribution in [0.2, 0.25) is 0 Å². The van der Waals surface area contributed by atoms with E-state index in [2.05, 4.69) is 14.5 Å². The van der Waals surface area contributed by atoms with Crippen molar-refractivity contribution >= 4 is 5.97 Å². The summed E-state index contributed by atoms with van der Waals surface area (Å²) in [4.78, 5) is 15.0. The molecule has 0 atom stereocenters. The fourth-order valence-corrected chi connectivity index (χ4v) is 1.37. The van der Waals surface area contributed by atoms with Crippen molar-refractivity contribution < 1.29 is 27.4 Å². The van der Waals surface area contributed by atoms with Crippen LogP contribution < -0.4 is 10.5 Å². The molecule has 0 amide bonds. The van der Waals surface area contributed by atoms with Crippen LogP contribution >= 0.6 is 0 Å². The van der Waals surface area contributed by atoms with E-state index in [1.54, 1.807) is 0 Å². The lowest BCUT2D eigenvalue weighted by atomic mass is 10.1. The predicted octanol–water partition coefficient (Wildman–Crippen LogP) is 1.53. The quantitative estimate of drug-likeness (QED) is 0.838. The number of rotatable bonds is 3. The molecule has 0 radical (unpaired) electrons. The number of esters is 1. The molecule has 5 nitrogen and oxygen atoms in total. The first-order valence-corrected chi connectivity index (χ1v) is 4.83. The first kappa shape index (κ1) is 14.2. The van der Waals surface area contributed by atoms with Crippen LogP contribution in [-0.2, 0) is 11.3 Å². The minimum Gasteiger partial charge on any atom is -0.465 e. The first-order chi connectivity index (χ1) is 8.28. The molecule has 1 rings (SSSR count). The smallest absolute Gasteiger partial charge is 0.465 e. The van der Waals surface area contributed by atoms with Gasteiger partial charge in [-0.05, 0) is 18.6 Å². The van der Waals surface area contributed by atoms with Gasteiger partial charge in [-0.15, -0.1) is 13.2 Å². The van der Waals surface area contributed by atoms with Crippen LogP contribution in [0.3, 0.4) is 0 Å². The third kappa shape index (κ3) is 3.33. The SMILES string of the molecule is COC(=O)c1c(CN)cc(C)nc1OC(F)(F)F. The topological polar surface area (TPSA) is 74.4 Å². The number of hydrogen-bond acceptors (Lipinski definition) is 5. The molecule has 0 aliphatic rings. The molecule has 1 aromatic heterocycles. The van der Waals surface area contributed by atoms with E-state index in [0.717, 1.165) is 7.11 Å². The van der Waals surface area contributed by atoms with E-state index in [1.165, 1.54) is 13.0 Å². The van der Waals surface area contributed by atoms with E-state index in [-0.39, 0.29) is 17.8 Å². The normalized spacial score (nSPS) is 11.2. The Labute approximate surface area is 101 Å². The molecular formula is C10H11F3N2O3. The fraction of sp³-hybridized carbons (Fsp3) is 0.400. The number of nitrogens with two attached hydrogens (primary N) is 1. The van der Waals surface area contributed by atoms with Crippen LogP contribution in [0.4, 0.5) is 13.2 Å². The Bertz CT molecular complexity index is 460. The maximum Gasteiger partial charge on any atom is 0.574 e. The zero-order valence-electron chi connectivity index (χ0n) is 9.67. The predicted molar refractivity (Wildman–Crippen MR) is 54.9 cm³/mol. The summed E-state index contributed by atoms with van der Waals surface area (Å²) in [5, 5.41) is 0. The first-order valence-electron chi connectivity index (χ1n) is 4.83.